The van der Waals surface area contributed by atoms with Crippen molar-refractivity contribution >= 4 is 23.2 Å². The molecule has 0 aliphatic carbocycles. The maximum atomic E-state index is 10.6. The molecule has 0 saturated carbocycles. The molecule has 1 rings (SSSR count). The number of benzene rings is 1. The Bertz CT molecular complexity index is 418. The summed E-state index contributed by atoms with van der Waals surface area (Å²) < 4.78 is 0. The number of carbonyl (C=O) groups is 1. The SMILES string of the molecule is CN(C(=O)O)c1ccc(N)c([N+](=O)[O-])c1. The van der Waals surface area contributed by atoms with E-state index in [0.29, 0.717) is 0 Å². The molecular formula is C8H9N3O4. The number of amides is 1. The van der Waals surface area contributed by atoms with E-state index in [1.54, 1.807) is 0 Å². The summed E-state index contributed by atoms with van der Waals surface area (Å²) in [6.45, 7) is 0. The normalized spacial score (nSPS) is 9.67. The molecule has 0 aliphatic rings. The third-order valence-electron chi connectivity index (χ3n) is 1.88. The average Bonchev–Trinajstić information content (AvgIpc) is 2.16. The van der Waals surface area contributed by atoms with Gasteiger partial charge in [-0.2, -0.15) is 0 Å². The third kappa shape index (κ3) is 2.13. The van der Waals surface area contributed by atoms with Crippen molar-refractivity contribution in [3.8, 4) is 0 Å². The lowest BCUT2D eigenvalue weighted by molar-refractivity contribution is -0.383. The van der Waals surface area contributed by atoms with Gasteiger partial charge in [-0.15, -0.1) is 0 Å². The smallest absolute Gasteiger partial charge is 0.411 e. The van der Waals surface area contributed by atoms with Gasteiger partial charge >= 0.3 is 6.09 Å². The van der Waals surface area contributed by atoms with Crippen LogP contribution in [0.5, 0.6) is 0 Å². The number of nitro groups is 1. The lowest BCUT2D eigenvalue weighted by Gasteiger charge is -2.12. The van der Waals surface area contributed by atoms with Crippen LogP contribution in [0.4, 0.5) is 21.9 Å². The topological polar surface area (TPSA) is 110 Å². The fourth-order valence-corrected chi connectivity index (χ4v) is 1.01. The van der Waals surface area contributed by atoms with Crippen LogP contribution in [0.1, 0.15) is 0 Å². The van der Waals surface area contributed by atoms with E-state index in [1.165, 1.54) is 19.2 Å². The zero-order valence-electron chi connectivity index (χ0n) is 7.88. The predicted octanol–water partition coefficient (Wildman–Crippen LogP) is 1.29. The Kier molecular flexibility index (Phi) is 2.75. The van der Waals surface area contributed by atoms with E-state index >= 15 is 0 Å². The molecule has 0 bridgehead atoms. The molecular weight excluding hydrogens is 202 g/mol. The molecule has 0 aromatic heterocycles. The first kappa shape index (κ1) is 10.8. The minimum absolute atomic E-state index is 0.00235. The summed E-state index contributed by atoms with van der Waals surface area (Å²) in [5.74, 6) is 0. The number of nitrogen functional groups attached to an aromatic ring is 1. The number of anilines is 2. The minimum Gasteiger partial charge on any atom is -0.465 e. The lowest BCUT2D eigenvalue weighted by Crippen LogP contribution is -2.23. The Morgan fingerprint density at radius 2 is 2.20 bits per heavy atom. The molecule has 0 aliphatic heterocycles. The van der Waals surface area contributed by atoms with Gasteiger partial charge in [-0.3, -0.25) is 15.0 Å². The minimum atomic E-state index is -1.20. The van der Waals surface area contributed by atoms with Crippen LogP contribution in [-0.2, 0) is 0 Å². The summed E-state index contributed by atoms with van der Waals surface area (Å²) in [6.07, 6.45) is -1.20. The first-order valence-electron chi connectivity index (χ1n) is 3.94. The second kappa shape index (κ2) is 3.82. The van der Waals surface area contributed by atoms with Crippen LogP contribution in [0.15, 0.2) is 18.2 Å². The molecule has 3 N–H and O–H groups in total. The molecule has 1 aromatic rings. The largest absolute Gasteiger partial charge is 0.465 e. The van der Waals surface area contributed by atoms with Gasteiger partial charge in [0.25, 0.3) is 5.69 Å². The Hall–Kier alpha value is -2.31. The molecule has 80 valence electrons. The Morgan fingerprint density at radius 1 is 1.60 bits per heavy atom. The highest BCUT2D eigenvalue weighted by atomic mass is 16.6. The zero-order valence-corrected chi connectivity index (χ0v) is 7.88. The van der Waals surface area contributed by atoms with Crippen LogP contribution in [0, 0.1) is 10.1 Å². The standard InChI is InChI=1S/C8H9N3O4/c1-10(8(12)13)5-2-3-6(9)7(4-5)11(14)15/h2-4H,9H2,1H3,(H,12,13). The van der Waals surface area contributed by atoms with E-state index < -0.39 is 11.0 Å². The highest BCUT2D eigenvalue weighted by Gasteiger charge is 2.16. The van der Waals surface area contributed by atoms with E-state index in [1.807, 2.05) is 0 Å². The number of carboxylic acid groups (broad SMARTS) is 1. The number of hydrogen-bond donors (Lipinski definition) is 2. The number of nitrogens with two attached hydrogens (primary N) is 1. The highest BCUT2D eigenvalue weighted by Crippen LogP contribution is 2.26. The van der Waals surface area contributed by atoms with E-state index in [9.17, 15) is 14.9 Å². The van der Waals surface area contributed by atoms with Gasteiger partial charge in [-0.05, 0) is 12.1 Å². The van der Waals surface area contributed by atoms with Crippen LogP contribution in [0.3, 0.4) is 0 Å². The first-order chi connectivity index (χ1) is 6.93. The summed E-state index contributed by atoms with van der Waals surface area (Å²) in [4.78, 5) is 21.3. The van der Waals surface area contributed by atoms with Crippen molar-refractivity contribution in [2.45, 2.75) is 0 Å². The average molecular weight is 211 g/mol. The number of rotatable bonds is 2. The Balaban J connectivity index is 3.18. The summed E-state index contributed by atoms with van der Waals surface area (Å²) >= 11 is 0. The van der Waals surface area contributed by atoms with Crippen LogP contribution >= 0.6 is 0 Å². The molecule has 0 fully saturated rings. The molecule has 7 nitrogen and oxygen atoms in total. The van der Waals surface area contributed by atoms with Crippen LogP contribution in [0.25, 0.3) is 0 Å². The van der Waals surface area contributed by atoms with E-state index in [0.717, 1.165) is 11.0 Å². The first-order valence-corrected chi connectivity index (χ1v) is 3.94. The van der Waals surface area contributed by atoms with Gasteiger partial charge in [0, 0.05) is 13.1 Å². The second-order valence-electron chi connectivity index (χ2n) is 2.84. The van der Waals surface area contributed by atoms with Crippen molar-refractivity contribution in [2.75, 3.05) is 17.7 Å². The van der Waals surface area contributed by atoms with Crippen molar-refractivity contribution in [1.29, 1.82) is 0 Å². The molecule has 0 unspecified atom stereocenters. The number of nitrogens with zero attached hydrogens (tertiary/aromatic N) is 2. The van der Waals surface area contributed by atoms with Gasteiger partial charge in [-0.1, -0.05) is 0 Å². The molecule has 0 spiro atoms. The van der Waals surface area contributed by atoms with Crippen molar-refractivity contribution in [3.05, 3.63) is 28.3 Å². The quantitative estimate of drug-likeness (QED) is 0.435. The van der Waals surface area contributed by atoms with E-state index in [2.05, 4.69) is 0 Å². The summed E-state index contributed by atoms with van der Waals surface area (Å²) in [6, 6.07) is 3.81. The predicted molar refractivity (Wildman–Crippen MR) is 53.9 cm³/mol. The summed E-state index contributed by atoms with van der Waals surface area (Å²) in [5.41, 5.74) is 5.25. The molecule has 0 atom stereocenters. The molecule has 7 heteroatoms. The van der Waals surface area contributed by atoms with Gasteiger partial charge in [0.15, 0.2) is 0 Å². The van der Waals surface area contributed by atoms with Crippen molar-refractivity contribution < 1.29 is 14.8 Å². The Morgan fingerprint density at radius 3 is 2.67 bits per heavy atom. The van der Waals surface area contributed by atoms with Gasteiger partial charge in [0.05, 0.1) is 10.6 Å². The molecule has 0 heterocycles. The van der Waals surface area contributed by atoms with Crippen LogP contribution in [-0.4, -0.2) is 23.2 Å². The van der Waals surface area contributed by atoms with Gasteiger partial charge in [-0.25, -0.2) is 4.79 Å². The maximum Gasteiger partial charge on any atom is 0.411 e. The summed E-state index contributed by atoms with van der Waals surface area (Å²) in [7, 11) is 1.29. The van der Waals surface area contributed by atoms with E-state index in [-0.39, 0.29) is 17.1 Å². The highest BCUT2D eigenvalue weighted by molar-refractivity contribution is 5.86. The van der Waals surface area contributed by atoms with Gasteiger partial charge in [0.1, 0.15) is 5.69 Å². The van der Waals surface area contributed by atoms with Gasteiger partial charge < -0.3 is 10.8 Å². The second-order valence-corrected chi connectivity index (χ2v) is 2.84. The molecule has 1 aromatic carbocycles. The molecule has 1 amide bonds. The number of hydrogen-bond acceptors (Lipinski definition) is 4. The fraction of sp³-hybridized carbons (Fsp3) is 0.125. The van der Waals surface area contributed by atoms with Crippen LogP contribution < -0.4 is 10.6 Å². The maximum absolute atomic E-state index is 10.6. The van der Waals surface area contributed by atoms with E-state index in [4.69, 9.17) is 10.8 Å². The summed E-state index contributed by atoms with van der Waals surface area (Å²) in [5, 5.41) is 19.2. The van der Waals surface area contributed by atoms with Crippen LogP contribution in [0.2, 0.25) is 0 Å². The van der Waals surface area contributed by atoms with Gasteiger partial charge in [0.2, 0.25) is 0 Å². The molecule has 0 radical (unpaired) electrons. The number of nitro benzene ring substituents is 1. The van der Waals surface area contributed by atoms with Crippen molar-refractivity contribution in [1.82, 2.24) is 0 Å². The third-order valence-corrected chi connectivity index (χ3v) is 1.88. The molecule has 0 saturated heterocycles. The van der Waals surface area contributed by atoms with Crippen molar-refractivity contribution in [3.63, 3.8) is 0 Å². The lowest BCUT2D eigenvalue weighted by atomic mass is 10.2. The zero-order chi connectivity index (χ0) is 11.6. The fourth-order valence-electron chi connectivity index (χ4n) is 1.01. The van der Waals surface area contributed by atoms with Crippen molar-refractivity contribution in [2.24, 2.45) is 0 Å². The Labute approximate surface area is 84.9 Å². The molecule has 15 heavy (non-hydrogen) atoms. The monoisotopic (exact) mass is 211 g/mol.